The molecule has 1 heterocycles. The fourth-order valence-electron chi connectivity index (χ4n) is 3.89. The molecule has 0 radical (unpaired) electrons. The molecular weight excluding hydrogens is 439 g/mol. The summed E-state index contributed by atoms with van der Waals surface area (Å²) in [6, 6.07) is 23.6. The largest absolute Gasteiger partial charge is 0.336 e. The summed E-state index contributed by atoms with van der Waals surface area (Å²) in [6.45, 7) is 2.84. The molecule has 0 unspecified atom stereocenters. The van der Waals surface area contributed by atoms with E-state index < -0.39 is 0 Å². The molecule has 3 nitrogen and oxygen atoms in total. The van der Waals surface area contributed by atoms with Crippen LogP contribution in [0.15, 0.2) is 72.8 Å². The van der Waals surface area contributed by atoms with E-state index in [9.17, 15) is 4.79 Å². The topological polar surface area (TPSA) is 23.6 Å². The lowest BCUT2D eigenvalue weighted by Crippen LogP contribution is -2.49. The van der Waals surface area contributed by atoms with Gasteiger partial charge in [-0.3, -0.25) is 9.69 Å². The van der Waals surface area contributed by atoms with E-state index in [-0.39, 0.29) is 11.9 Å². The lowest BCUT2D eigenvalue weighted by molar-refractivity contribution is 0.0597. The van der Waals surface area contributed by atoms with Gasteiger partial charge in [0.2, 0.25) is 0 Å². The second kappa shape index (κ2) is 9.40. The van der Waals surface area contributed by atoms with Gasteiger partial charge >= 0.3 is 0 Å². The van der Waals surface area contributed by atoms with Gasteiger partial charge in [0.15, 0.2) is 0 Å². The van der Waals surface area contributed by atoms with Crippen molar-refractivity contribution >= 4 is 40.7 Å². The first-order valence-electron chi connectivity index (χ1n) is 9.82. The van der Waals surface area contributed by atoms with Gasteiger partial charge in [-0.05, 0) is 41.5 Å². The van der Waals surface area contributed by atoms with Gasteiger partial charge < -0.3 is 4.90 Å². The zero-order chi connectivity index (χ0) is 21.1. The van der Waals surface area contributed by atoms with Gasteiger partial charge in [0.1, 0.15) is 0 Å². The first kappa shape index (κ1) is 21.2. The van der Waals surface area contributed by atoms with Crippen LogP contribution in [0.3, 0.4) is 0 Å². The number of hydrogen-bond acceptors (Lipinski definition) is 2. The van der Waals surface area contributed by atoms with Crippen molar-refractivity contribution in [2.24, 2.45) is 0 Å². The Kier molecular flexibility index (Phi) is 6.64. The maximum Gasteiger partial charge on any atom is 0.253 e. The van der Waals surface area contributed by atoms with Crippen LogP contribution >= 0.6 is 34.8 Å². The summed E-state index contributed by atoms with van der Waals surface area (Å²) in [5, 5.41) is 1.57. The molecule has 0 N–H and O–H groups in total. The van der Waals surface area contributed by atoms with Crippen molar-refractivity contribution in [2.75, 3.05) is 26.2 Å². The summed E-state index contributed by atoms with van der Waals surface area (Å²) in [5.41, 5.74) is 2.98. The number of carbonyl (C=O) groups is 1. The quantitative estimate of drug-likeness (QED) is 0.464. The Morgan fingerprint density at radius 2 is 1.37 bits per heavy atom. The highest BCUT2D eigenvalue weighted by atomic mass is 35.5. The van der Waals surface area contributed by atoms with E-state index in [0.717, 1.165) is 18.1 Å². The lowest BCUT2D eigenvalue weighted by atomic mass is 9.96. The standard InChI is InChI=1S/C24H21Cl3N2O/c25-20-9-6-18(7-10-20)23(17-4-2-1-3-5-17)28-12-14-29(15-13-28)24(30)19-8-11-21(26)22(27)16-19/h1-11,16,23H,12-15H2/t23-/m0/s1. The number of nitrogens with zero attached hydrogens (tertiary/aromatic N) is 2. The molecule has 0 spiro atoms. The van der Waals surface area contributed by atoms with Crippen LogP contribution in [-0.2, 0) is 0 Å². The number of halogens is 3. The third-order valence-electron chi connectivity index (χ3n) is 5.43. The molecule has 1 saturated heterocycles. The van der Waals surface area contributed by atoms with Crippen LogP contribution in [0, 0.1) is 0 Å². The van der Waals surface area contributed by atoms with Crippen molar-refractivity contribution in [1.82, 2.24) is 9.80 Å². The molecule has 30 heavy (non-hydrogen) atoms. The average molecular weight is 460 g/mol. The molecule has 0 bridgehead atoms. The van der Waals surface area contributed by atoms with Gasteiger partial charge in [-0.25, -0.2) is 0 Å². The fraction of sp³-hybridized carbons (Fsp3) is 0.208. The molecule has 0 aliphatic carbocycles. The number of hydrogen-bond donors (Lipinski definition) is 0. The summed E-state index contributed by atoms with van der Waals surface area (Å²) < 4.78 is 0. The molecule has 3 aromatic rings. The minimum atomic E-state index is -0.0176. The van der Waals surface area contributed by atoms with Crippen molar-refractivity contribution in [1.29, 1.82) is 0 Å². The van der Waals surface area contributed by atoms with Gasteiger partial charge in [-0.2, -0.15) is 0 Å². The summed E-state index contributed by atoms with van der Waals surface area (Å²) in [4.78, 5) is 17.2. The molecule has 1 atom stereocenters. The first-order valence-corrected chi connectivity index (χ1v) is 10.9. The van der Waals surface area contributed by atoms with Crippen molar-refractivity contribution in [3.05, 3.63) is 105 Å². The van der Waals surface area contributed by atoms with Crippen LogP contribution in [-0.4, -0.2) is 41.9 Å². The molecule has 4 rings (SSSR count). The Balaban J connectivity index is 1.52. The smallest absolute Gasteiger partial charge is 0.253 e. The monoisotopic (exact) mass is 458 g/mol. The average Bonchev–Trinajstić information content (AvgIpc) is 2.78. The normalized spacial score (nSPS) is 15.8. The van der Waals surface area contributed by atoms with E-state index >= 15 is 0 Å². The van der Waals surface area contributed by atoms with Crippen LogP contribution in [0.2, 0.25) is 15.1 Å². The zero-order valence-electron chi connectivity index (χ0n) is 16.3. The molecule has 1 fully saturated rings. The van der Waals surface area contributed by atoms with Crippen molar-refractivity contribution in [2.45, 2.75) is 6.04 Å². The Morgan fingerprint density at radius 3 is 2.00 bits per heavy atom. The lowest BCUT2D eigenvalue weighted by Gasteiger charge is -2.40. The van der Waals surface area contributed by atoms with Gasteiger partial charge in [0, 0.05) is 36.8 Å². The molecule has 6 heteroatoms. The molecule has 1 amide bonds. The minimum absolute atomic E-state index is 0.0176. The van der Waals surface area contributed by atoms with E-state index in [1.54, 1.807) is 18.2 Å². The molecule has 1 aliphatic heterocycles. The molecular formula is C24H21Cl3N2O. The Hall–Kier alpha value is -2.04. The van der Waals surface area contributed by atoms with Crippen molar-refractivity contribution < 1.29 is 4.79 Å². The Morgan fingerprint density at radius 1 is 0.733 bits per heavy atom. The summed E-state index contributed by atoms with van der Waals surface area (Å²) in [6.07, 6.45) is 0. The highest BCUT2D eigenvalue weighted by molar-refractivity contribution is 6.42. The van der Waals surface area contributed by atoms with Crippen LogP contribution in [0.4, 0.5) is 0 Å². The third kappa shape index (κ3) is 4.65. The molecule has 1 aliphatic rings. The maximum absolute atomic E-state index is 12.9. The predicted molar refractivity (Wildman–Crippen MR) is 124 cm³/mol. The van der Waals surface area contributed by atoms with Crippen LogP contribution in [0.1, 0.15) is 27.5 Å². The first-order chi connectivity index (χ1) is 14.5. The van der Waals surface area contributed by atoms with E-state index in [2.05, 4.69) is 41.3 Å². The van der Waals surface area contributed by atoms with Gasteiger partial charge in [-0.15, -0.1) is 0 Å². The van der Waals surface area contributed by atoms with Gasteiger partial charge in [-0.1, -0.05) is 77.3 Å². The second-order valence-corrected chi connectivity index (χ2v) is 8.57. The SMILES string of the molecule is O=C(c1ccc(Cl)c(Cl)c1)N1CCN([C@@H](c2ccccc2)c2ccc(Cl)cc2)CC1. The van der Waals surface area contributed by atoms with Crippen LogP contribution in [0.5, 0.6) is 0 Å². The molecule has 0 saturated carbocycles. The third-order valence-corrected chi connectivity index (χ3v) is 6.43. The number of rotatable bonds is 4. The highest BCUT2D eigenvalue weighted by Gasteiger charge is 2.28. The molecule has 154 valence electrons. The van der Waals surface area contributed by atoms with E-state index in [1.807, 2.05) is 23.1 Å². The summed E-state index contributed by atoms with van der Waals surface area (Å²) in [5.74, 6) is -0.0176. The van der Waals surface area contributed by atoms with E-state index in [1.165, 1.54) is 11.1 Å². The van der Waals surface area contributed by atoms with E-state index in [0.29, 0.717) is 28.7 Å². The van der Waals surface area contributed by atoms with Crippen molar-refractivity contribution in [3.8, 4) is 0 Å². The Bertz CT molecular complexity index is 1020. The number of carbonyl (C=O) groups excluding carboxylic acids is 1. The van der Waals surface area contributed by atoms with Gasteiger partial charge in [0.25, 0.3) is 5.91 Å². The summed E-state index contributed by atoms with van der Waals surface area (Å²) >= 11 is 18.2. The minimum Gasteiger partial charge on any atom is -0.336 e. The Labute approximate surface area is 191 Å². The van der Waals surface area contributed by atoms with Gasteiger partial charge in [0.05, 0.1) is 16.1 Å². The van der Waals surface area contributed by atoms with Crippen molar-refractivity contribution in [3.63, 3.8) is 0 Å². The predicted octanol–water partition coefficient (Wildman–Crippen LogP) is 6.19. The number of amides is 1. The zero-order valence-corrected chi connectivity index (χ0v) is 18.5. The fourth-order valence-corrected chi connectivity index (χ4v) is 4.31. The molecule has 0 aromatic heterocycles. The van der Waals surface area contributed by atoms with E-state index in [4.69, 9.17) is 34.8 Å². The maximum atomic E-state index is 12.9. The molecule has 3 aromatic carbocycles. The number of benzene rings is 3. The summed E-state index contributed by atoms with van der Waals surface area (Å²) in [7, 11) is 0. The second-order valence-electron chi connectivity index (χ2n) is 7.32. The van der Waals surface area contributed by atoms with Crippen LogP contribution < -0.4 is 0 Å². The highest BCUT2D eigenvalue weighted by Crippen LogP contribution is 2.31. The number of piperazine rings is 1. The van der Waals surface area contributed by atoms with Crippen LogP contribution in [0.25, 0.3) is 0 Å².